The fourth-order valence-corrected chi connectivity index (χ4v) is 14.7. The Morgan fingerprint density at radius 1 is 0.435 bits per heavy atom. The quantitative estimate of drug-likeness (QED) is 0.0223. The summed E-state index contributed by atoms with van der Waals surface area (Å²) in [6.07, 6.45) is 1.25. The number of carbonyl (C=O) groups is 3. The van der Waals surface area contributed by atoms with E-state index in [1.54, 1.807) is 110 Å². The molecule has 0 atom stereocenters. The van der Waals surface area contributed by atoms with Gasteiger partial charge >= 0.3 is 25.0 Å². The van der Waals surface area contributed by atoms with E-state index < -0.39 is 58.9 Å². The molecule has 0 amide bonds. The molecule has 0 radical (unpaired) electrons. The maximum absolute atomic E-state index is 12.3. The van der Waals surface area contributed by atoms with Crippen LogP contribution in [0.2, 0.25) is 0 Å². The number of carboxylic acids is 1. The predicted octanol–water partition coefficient (Wildman–Crippen LogP) is 19.6. The van der Waals surface area contributed by atoms with Crippen molar-refractivity contribution in [2.45, 2.75) is 158 Å². The van der Waals surface area contributed by atoms with E-state index in [4.69, 9.17) is 33.0 Å². The van der Waals surface area contributed by atoms with Crippen LogP contribution in [-0.2, 0) is 48.9 Å². The third-order valence-corrected chi connectivity index (χ3v) is 24.7. The third-order valence-electron chi connectivity index (χ3n) is 16.5. The number of ether oxygens (including phenoxy) is 5. The molecule has 1 fully saturated rings. The minimum atomic E-state index is -3.43. The van der Waals surface area contributed by atoms with Crippen molar-refractivity contribution in [3.05, 3.63) is 184 Å². The number of carboxylic acid groups (broad SMARTS) is 1. The van der Waals surface area contributed by atoms with Crippen molar-refractivity contribution >= 4 is 136 Å². The minimum absolute atomic E-state index is 0. The Balaban J connectivity index is 0.000000261. The molecule has 4 N–H and O–H groups in total. The van der Waals surface area contributed by atoms with Crippen LogP contribution >= 0.6 is 58.0 Å². The zero-order chi connectivity index (χ0) is 79.2. The van der Waals surface area contributed by atoms with E-state index in [0.717, 1.165) is 70.4 Å². The van der Waals surface area contributed by atoms with Gasteiger partial charge in [-0.25, -0.2) is 39.6 Å². The van der Waals surface area contributed by atoms with Gasteiger partial charge in [-0.15, -0.1) is 58.0 Å². The van der Waals surface area contributed by atoms with Gasteiger partial charge in [-0.05, 0) is 232 Å². The summed E-state index contributed by atoms with van der Waals surface area (Å²) < 4.78 is 120. The zero-order valence-electron chi connectivity index (χ0n) is 64.5. The Kier molecular flexibility index (Phi) is 34.7. The van der Waals surface area contributed by atoms with Gasteiger partial charge in [0, 0.05) is 11.1 Å². The van der Waals surface area contributed by atoms with Gasteiger partial charge in [-0.1, -0.05) is 99.1 Å². The molecule has 4 heterocycles. The molecular weight excluding hydrogens is 1610 g/mol. The summed E-state index contributed by atoms with van der Waals surface area (Å²) in [7, 11) is -10.7. The molecule has 1 saturated heterocycles. The number of hydrogen-bond donors (Lipinski definition) is 4. The number of aryl methyl sites for hydroxylation is 1. The van der Waals surface area contributed by atoms with E-state index in [1.807, 2.05) is 156 Å². The van der Waals surface area contributed by atoms with Gasteiger partial charge < -0.3 is 38.1 Å². The average molecular weight is 1710 g/mol. The first-order valence-corrected chi connectivity index (χ1v) is 42.6. The Morgan fingerprint density at radius 2 is 0.731 bits per heavy atom. The molecule has 1 aliphatic heterocycles. The lowest BCUT2D eigenvalue weighted by Crippen LogP contribution is -2.41. The van der Waals surface area contributed by atoms with Crippen LogP contribution in [0.4, 0.5) is 17.1 Å². The van der Waals surface area contributed by atoms with Crippen LogP contribution in [0.5, 0.6) is 17.2 Å². The van der Waals surface area contributed by atoms with E-state index in [-0.39, 0.29) is 52.7 Å². The van der Waals surface area contributed by atoms with E-state index in [2.05, 4.69) is 28.0 Å². The van der Waals surface area contributed by atoms with E-state index in [1.165, 1.54) is 46.5 Å². The summed E-state index contributed by atoms with van der Waals surface area (Å²) in [6, 6.07) is 44.1. The lowest BCUT2D eigenvalue weighted by atomic mass is 9.79. The first kappa shape index (κ1) is 90.8. The smallest absolute Gasteiger partial charge is 0.494 e. The van der Waals surface area contributed by atoms with Crippen LogP contribution in [0.1, 0.15) is 161 Å². The SMILES string of the molecule is CC(C)S(=O)(=O)Nc1ccsc1-c1ccc(B2OC(C)(C)C(C)(C)O2)cc1.CCC.CCOC(=O)c1ccc(-c2ccc(-c3sccc3NS(=O)(=O)C(C)C)cc2)c(OCC)c1.CCOC(=O)c1ccc(C)c(OCC)c1.CCOc1cc(C(=O)O)ccc1-c1ccc(-c2sccc2NS(=O)(=O)C(C)C)cc1.I. The zero-order valence-corrected chi connectivity index (χ0v) is 71.7. The van der Waals surface area contributed by atoms with Gasteiger partial charge in [-0.2, -0.15) is 0 Å². The summed E-state index contributed by atoms with van der Waals surface area (Å²) in [5.74, 6) is 0.150. The number of benzene rings is 6. The number of carbonyl (C=O) groups excluding carboxylic acids is 2. The lowest BCUT2D eigenvalue weighted by Gasteiger charge is -2.32. The molecule has 28 heteroatoms. The fraction of sp³-hybridized carbons (Fsp3) is 0.362. The summed E-state index contributed by atoms with van der Waals surface area (Å²) >= 11 is 4.43. The van der Waals surface area contributed by atoms with Gasteiger partial charge in [0.2, 0.25) is 30.1 Å². The molecule has 0 saturated carbocycles. The van der Waals surface area contributed by atoms with Gasteiger partial charge in [0.05, 0.1) is 108 Å². The molecule has 0 unspecified atom stereocenters. The highest BCUT2D eigenvalue weighted by Crippen LogP contribution is 2.42. The molecule has 0 aliphatic carbocycles. The Bertz CT molecular complexity index is 4750. The van der Waals surface area contributed by atoms with Crippen LogP contribution in [0.15, 0.2) is 162 Å². The van der Waals surface area contributed by atoms with Crippen molar-refractivity contribution in [3.63, 3.8) is 0 Å². The Labute approximate surface area is 668 Å². The number of aromatic carboxylic acids is 1. The molecule has 3 aromatic heterocycles. The van der Waals surface area contributed by atoms with Crippen LogP contribution < -0.4 is 33.8 Å². The van der Waals surface area contributed by atoms with Gasteiger partial charge in [0.15, 0.2) is 0 Å². The molecule has 584 valence electrons. The first-order valence-electron chi connectivity index (χ1n) is 35.3. The molecular formula is C80H101BIN3O17S6. The maximum Gasteiger partial charge on any atom is 0.494 e. The standard InChI is InChI=1S/C24H27NO5S2.C22H23NO5S2.C19H26BNO4S2.C12H16O3.C3H8.HI/c1-5-29-22-15-19(24(26)30-6-2)11-12-20(22)17-7-9-18(10-8-17)23-21(13-14-31-23)25-32(27,28)16(3)4;1-4-28-20-13-17(22(24)25)9-10-18(20)15-5-7-16(8-6-15)21-19(11-12-29-21)23-30(26,27)14(2)3;1-13(2)27(22,23)21-16-11-12-26-17(16)14-7-9-15(10-8-14)20-24-18(3,4)19(5,6)25-20;1-4-14-11-8-10(7-6-9(11)3)12(13)15-5-2;1-3-2;/h7-16,25H,5-6H2,1-4H3;5-14,23H,4H2,1-3H3,(H,24,25);7-13,21H,1-6H3;6-8H,4-5H2,1-3H3;3H2,1-2H3;1H. The minimum Gasteiger partial charge on any atom is -0.494 e. The molecule has 10 rings (SSSR count). The number of halogens is 1. The largest absolute Gasteiger partial charge is 0.494 e. The summed E-state index contributed by atoms with van der Waals surface area (Å²) in [5, 5.41) is 13.3. The van der Waals surface area contributed by atoms with Crippen LogP contribution in [-0.4, -0.2) is 115 Å². The average Bonchev–Trinajstić information content (AvgIpc) is 1.59. The van der Waals surface area contributed by atoms with Crippen LogP contribution in [0.25, 0.3) is 53.6 Å². The lowest BCUT2D eigenvalue weighted by molar-refractivity contribution is 0.00578. The second-order valence-electron chi connectivity index (χ2n) is 26.1. The first-order chi connectivity index (χ1) is 50.5. The van der Waals surface area contributed by atoms with E-state index in [9.17, 15) is 44.7 Å². The normalized spacial score (nSPS) is 12.8. The van der Waals surface area contributed by atoms with E-state index in [0.29, 0.717) is 72.7 Å². The number of sulfonamides is 3. The Morgan fingerprint density at radius 3 is 1.06 bits per heavy atom. The maximum atomic E-state index is 12.3. The number of anilines is 3. The highest BCUT2D eigenvalue weighted by molar-refractivity contribution is 14.0. The molecule has 0 spiro atoms. The number of esters is 2. The third kappa shape index (κ3) is 24.6. The predicted molar refractivity (Wildman–Crippen MR) is 454 cm³/mol. The Hall–Kier alpha value is -7.81. The second kappa shape index (κ2) is 41.3. The topological polar surface area (TPSA) is 275 Å². The monoisotopic (exact) mass is 1710 g/mol. The van der Waals surface area contributed by atoms with Crippen molar-refractivity contribution < 1.29 is 77.7 Å². The summed E-state index contributed by atoms with van der Waals surface area (Å²) in [4.78, 5) is 37.3. The van der Waals surface area contributed by atoms with Crippen LogP contribution in [0, 0.1) is 6.92 Å². The summed E-state index contributed by atoms with van der Waals surface area (Å²) in [5.41, 5.74) is 10.3. The highest BCUT2D eigenvalue weighted by atomic mass is 127. The summed E-state index contributed by atoms with van der Waals surface area (Å²) in [6.45, 7) is 35.6. The molecule has 9 aromatic rings. The highest BCUT2D eigenvalue weighted by Gasteiger charge is 2.51. The van der Waals surface area contributed by atoms with Crippen molar-refractivity contribution in [1.82, 2.24) is 0 Å². The second-order valence-corrected chi connectivity index (χ2v) is 35.6. The number of thiophene rings is 3. The van der Waals surface area contributed by atoms with Crippen molar-refractivity contribution in [3.8, 4) is 70.8 Å². The molecule has 108 heavy (non-hydrogen) atoms. The molecule has 20 nitrogen and oxygen atoms in total. The fourth-order valence-electron chi connectivity index (χ4n) is 9.82. The number of rotatable bonds is 26. The van der Waals surface area contributed by atoms with Gasteiger partial charge in [0.25, 0.3) is 0 Å². The van der Waals surface area contributed by atoms with Crippen LogP contribution in [0.3, 0.4) is 0 Å². The molecule has 0 bridgehead atoms. The van der Waals surface area contributed by atoms with Gasteiger partial charge in [-0.3, -0.25) is 14.2 Å². The molecule has 6 aromatic carbocycles. The number of nitrogens with one attached hydrogen (secondary N) is 3. The van der Waals surface area contributed by atoms with Crippen molar-refractivity contribution in [1.29, 1.82) is 0 Å². The van der Waals surface area contributed by atoms with E-state index >= 15 is 0 Å². The van der Waals surface area contributed by atoms with Crippen molar-refractivity contribution in [2.24, 2.45) is 0 Å². The van der Waals surface area contributed by atoms with Gasteiger partial charge in [0.1, 0.15) is 17.2 Å². The molecule has 1 aliphatic rings. The van der Waals surface area contributed by atoms with Crippen molar-refractivity contribution in [2.75, 3.05) is 47.2 Å². The number of hydrogen-bond acceptors (Lipinski definition) is 19.